The summed E-state index contributed by atoms with van der Waals surface area (Å²) in [6.45, 7) is 0.431. The van der Waals surface area contributed by atoms with Gasteiger partial charge in [0, 0.05) is 13.5 Å². The van der Waals surface area contributed by atoms with Gasteiger partial charge in [-0.25, -0.2) is 4.39 Å². The van der Waals surface area contributed by atoms with Crippen molar-refractivity contribution >= 4 is 23.6 Å². The number of hydrogen-bond donors (Lipinski definition) is 2. The maximum atomic E-state index is 12.4. The Morgan fingerprint density at radius 2 is 2.00 bits per heavy atom. The lowest BCUT2D eigenvalue weighted by atomic mass is 10.0. The van der Waals surface area contributed by atoms with Crippen molar-refractivity contribution in [2.45, 2.75) is 44.7 Å². The number of Topliss-reactive ketones (excluding diaryl/α,β-unsaturated/α-hetero) is 1. The molecule has 2 N–H and O–H groups in total. The molecule has 1 rings (SSSR count). The molecule has 0 aliphatic carbocycles. The van der Waals surface area contributed by atoms with Crippen LogP contribution in [0.15, 0.2) is 0 Å². The molecule has 2 atom stereocenters. The minimum absolute atomic E-state index is 0.263. The summed E-state index contributed by atoms with van der Waals surface area (Å²) in [5, 5.41) is 11.0. The Morgan fingerprint density at radius 3 is 2.52 bits per heavy atom. The summed E-state index contributed by atoms with van der Waals surface area (Å²) in [7, 11) is 0. The fraction of sp³-hybridized carbons (Fsp3) is 0.692. The second kappa shape index (κ2) is 7.70. The number of aliphatic carboxylic acids is 1. The largest absolute Gasteiger partial charge is 0.481 e. The van der Waals surface area contributed by atoms with Gasteiger partial charge in [0.1, 0.15) is 18.8 Å². The van der Waals surface area contributed by atoms with Crippen LogP contribution in [-0.4, -0.2) is 58.9 Å². The number of carbonyl (C=O) groups is 4. The van der Waals surface area contributed by atoms with Crippen LogP contribution in [0.5, 0.6) is 0 Å². The molecule has 1 heterocycles. The van der Waals surface area contributed by atoms with E-state index < -0.39 is 42.8 Å². The highest BCUT2D eigenvalue weighted by Gasteiger charge is 2.33. The van der Waals surface area contributed by atoms with E-state index in [0.29, 0.717) is 13.0 Å². The van der Waals surface area contributed by atoms with Gasteiger partial charge in [-0.1, -0.05) is 0 Å². The Labute approximate surface area is 121 Å². The van der Waals surface area contributed by atoms with Gasteiger partial charge in [0.05, 0.1) is 6.42 Å². The van der Waals surface area contributed by atoms with E-state index in [4.69, 9.17) is 5.11 Å². The first kappa shape index (κ1) is 17.1. The van der Waals surface area contributed by atoms with Gasteiger partial charge in [-0.2, -0.15) is 0 Å². The van der Waals surface area contributed by atoms with Crippen LogP contribution >= 0.6 is 0 Å². The third-order valence-corrected chi connectivity index (χ3v) is 3.43. The van der Waals surface area contributed by atoms with Crippen molar-refractivity contribution in [1.29, 1.82) is 0 Å². The summed E-state index contributed by atoms with van der Waals surface area (Å²) in [6.07, 6.45) is 1.30. The molecule has 8 heteroatoms. The molecule has 1 fully saturated rings. The summed E-state index contributed by atoms with van der Waals surface area (Å²) in [6, 6.07) is -2.14. The molecule has 0 spiro atoms. The molecule has 0 saturated carbocycles. The topological polar surface area (TPSA) is 104 Å². The number of piperidine rings is 1. The molecule has 1 aliphatic heterocycles. The number of nitrogens with one attached hydrogen (secondary N) is 1. The smallest absolute Gasteiger partial charge is 0.305 e. The fourth-order valence-corrected chi connectivity index (χ4v) is 2.36. The second-order valence-electron chi connectivity index (χ2n) is 4.98. The van der Waals surface area contributed by atoms with E-state index in [0.717, 1.165) is 12.8 Å². The Hall–Kier alpha value is -1.99. The average Bonchev–Trinajstić information content (AvgIpc) is 2.45. The first-order valence-electron chi connectivity index (χ1n) is 6.75. The molecule has 0 bridgehead atoms. The highest BCUT2D eigenvalue weighted by atomic mass is 19.1. The van der Waals surface area contributed by atoms with Crippen LogP contribution in [0.3, 0.4) is 0 Å². The van der Waals surface area contributed by atoms with Gasteiger partial charge in [-0.3, -0.25) is 19.2 Å². The first-order valence-corrected chi connectivity index (χ1v) is 6.75. The summed E-state index contributed by atoms with van der Waals surface area (Å²) in [5.74, 6) is -3.18. The molecule has 0 aromatic carbocycles. The quantitative estimate of drug-likeness (QED) is 0.712. The van der Waals surface area contributed by atoms with Crippen LogP contribution < -0.4 is 5.32 Å². The van der Waals surface area contributed by atoms with E-state index in [-0.39, 0.29) is 5.91 Å². The first-order chi connectivity index (χ1) is 9.86. The zero-order valence-electron chi connectivity index (χ0n) is 11.8. The maximum Gasteiger partial charge on any atom is 0.305 e. The average molecular weight is 302 g/mol. The lowest BCUT2D eigenvalue weighted by Crippen LogP contribution is -2.55. The SMILES string of the molecule is CC(=O)N1CCCC[C@H]1C(=O)NC(CC(=O)O)C(=O)CF. The van der Waals surface area contributed by atoms with E-state index in [2.05, 4.69) is 5.32 Å². The normalized spacial score (nSPS) is 19.7. The van der Waals surface area contributed by atoms with Crippen LogP contribution in [-0.2, 0) is 19.2 Å². The molecule has 1 unspecified atom stereocenters. The summed E-state index contributed by atoms with van der Waals surface area (Å²) in [5.41, 5.74) is 0. The monoisotopic (exact) mass is 302 g/mol. The molecule has 1 saturated heterocycles. The molecular weight excluding hydrogens is 283 g/mol. The Bertz CT molecular complexity index is 440. The van der Waals surface area contributed by atoms with Gasteiger partial charge in [0.15, 0.2) is 5.78 Å². The van der Waals surface area contributed by atoms with Crippen molar-refractivity contribution in [1.82, 2.24) is 10.2 Å². The molecule has 1 aliphatic rings. The molecule has 118 valence electrons. The number of hydrogen-bond acceptors (Lipinski definition) is 4. The predicted octanol–water partition coefficient (Wildman–Crippen LogP) is -0.114. The van der Waals surface area contributed by atoms with Crippen molar-refractivity contribution in [2.24, 2.45) is 0 Å². The summed E-state index contributed by atoms with van der Waals surface area (Å²) in [4.78, 5) is 47.0. The van der Waals surface area contributed by atoms with E-state index in [1.165, 1.54) is 11.8 Å². The summed E-state index contributed by atoms with van der Waals surface area (Å²) >= 11 is 0. The highest BCUT2D eigenvalue weighted by Crippen LogP contribution is 2.17. The zero-order valence-corrected chi connectivity index (χ0v) is 11.8. The van der Waals surface area contributed by atoms with Gasteiger partial charge < -0.3 is 15.3 Å². The second-order valence-corrected chi connectivity index (χ2v) is 4.98. The van der Waals surface area contributed by atoms with E-state index in [1.807, 2.05) is 0 Å². The minimum atomic E-state index is -1.41. The van der Waals surface area contributed by atoms with Crippen LogP contribution in [0.25, 0.3) is 0 Å². The molecule has 2 amide bonds. The number of alkyl halides is 1. The summed E-state index contributed by atoms with van der Waals surface area (Å²) < 4.78 is 12.4. The molecule has 0 aromatic rings. The molecule has 0 aromatic heterocycles. The number of halogens is 1. The number of carboxylic acid groups (broad SMARTS) is 1. The Morgan fingerprint density at radius 1 is 1.33 bits per heavy atom. The number of ketones is 1. The van der Waals surface area contributed by atoms with Gasteiger partial charge in [0.25, 0.3) is 0 Å². The number of rotatable bonds is 6. The van der Waals surface area contributed by atoms with Crippen molar-refractivity contribution < 1.29 is 28.7 Å². The molecule has 0 radical (unpaired) electrons. The standard InChI is InChI=1S/C13H19FN2O5/c1-8(17)16-5-3-2-4-10(16)13(21)15-9(6-12(19)20)11(18)7-14/h9-10H,2-7H2,1H3,(H,15,21)(H,19,20)/t9?,10-/m0/s1. The number of nitrogens with zero attached hydrogens (tertiary/aromatic N) is 1. The highest BCUT2D eigenvalue weighted by molar-refractivity contribution is 5.94. The maximum absolute atomic E-state index is 12.4. The van der Waals surface area contributed by atoms with Crippen molar-refractivity contribution in [2.75, 3.05) is 13.2 Å². The molecule has 21 heavy (non-hydrogen) atoms. The van der Waals surface area contributed by atoms with Crippen molar-refractivity contribution in [3.05, 3.63) is 0 Å². The predicted molar refractivity (Wildman–Crippen MR) is 70.2 cm³/mol. The van der Waals surface area contributed by atoms with Crippen LogP contribution in [0, 0.1) is 0 Å². The minimum Gasteiger partial charge on any atom is -0.481 e. The van der Waals surface area contributed by atoms with Gasteiger partial charge in [-0.05, 0) is 19.3 Å². The van der Waals surface area contributed by atoms with Crippen molar-refractivity contribution in [3.8, 4) is 0 Å². The van der Waals surface area contributed by atoms with Gasteiger partial charge in [-0.15, -0.1) is 0 Å². The van der Waals surface area contributed by atoms with Crippen molar-refractivity contribution in [3.63, 3.8) is 0 Å². The van der Waals surface area contributed by atoms with Crippen LogP contribution in [0.4, 0.5) is 4.39 Å². The number of likely N-dealkylation sites (tertiary alicyclic amines) is 1. The Kier molecular flexibility index (Phi) is 6.26. The lowest BCUT2D eigenvalue weighted by molar-refractivity contribution is -0.143. The number of carbonyl (C=O) groups excluding carboxylic acids is 3. The Balaban J connectivity index is 2.77. The third kappa shape index (κ3) is 4.80. The molecular formula is C13H19FN2O5. The van der Waals surface area contributed by atoms with Gasteiger partial charge in [0.2, 0.25) is 11.8 Å². The molecule has 7 nitrogen and oxygen atoms in total. The third-order valence-electron chi connectivity index (χ3n) is 3.43. The zero-order chi connectivity index (χ0) is 16.0. The van der Waals surface area contributed by atoms with E-state index >= 15 is 0 Å². The van der Waals surface area contributed by atoms with Gasteiger partial charge >= 0.3 is 5.97 Å². The van der Waals surface area contributed by atoms with Crippen LogP contribution in [0.2, 0.25) is 0 Å². The number of carboxylic acids is 1. The number of amides is 2. The van der Waals surface area contributed by atoms with Crippen LogP contribution in [0.1, 0.15) is 32.6 Å². The van der Waals surface area contributed by atoms with E-state index in [1.54, 1.807) is 0 Å². The van der Waals surface area contributed by atoms with E-state index in [9.17, 15) is 23.6 Å². The fourth-order valence-electron chi connectivity index (χ4n) is 2.36. The lowest BCUT2D eigenvalue weighted by Gasteiger charge is -2.34.